The average Bonchev–Trinajstić information content (AvgIpc) is 3.09. The Kier molecular flexibility index (Phi) is 4.35. The number of hydrogen-bond donors (Lipinski definition) is 1. The number of aryl methyl sites for hydroxylation is 1. The van der Waals surface area contributed by atoms with E-state index >= 15 is 0 Å². The summed E-state index contributed by atoms with van der Waals surface area (Å²) in [4.78, 5) is 1.11. The second kappa shape index (κ2) is 5.52. The number of thiophene rings is 1. The van der Waals surface area contributed by atoms with Crippen molar-refractivity contribution in [1.29, 1.82) is 0 Å². The van der Waals surface area contributed by atoms with Gasteiger partial charge >= 0.3 is 0 Å². The minimum atomic E-state index is -3.29. The third kappa shape index (κ3) is 3.37. The van der Waals surface area contributed by atoms with Crippen molar-refractivity contribution in [1.82, 2.24) is 9.62 Å². The third-order valence-corrected chi connectivity index (χ3v) is 6.96. The van der Waals surface area contributed by atoms with Crippen LogP contribution in [0.4, 0.5) is 0 Å². The first-order valence-electron chi connectivity index (χ1n) is 6.63. The molecule has 19 heavy (non-hydrogen) atoms. The van der Waals surface area contributed by atoms with Crippen molar-refractivity contribution in [3.63, 3.8) is 0 Å². The zero-order chi connectivity index (χ0) is 14.2. The van der Waals surface area contributed by atoms with Crippen LogP contribution < -0.4 is 5.32 Å². The Morgan fingerprint density at radius 3 is 2.63 bits per heavy atom. The van der Waals surface area contributed by atoms with E-state index < -0.39 is 10.0 Å². The molecule has 0 radical (unpaired) electrons. The maximum absolute atomic E-state index is 12.4. The van der Waals surface area contributed by atoms with Gasteiger partial charge in [0.05, 0.1) is 0 Å². The van der Waals surface area contributed by atoms with Gasteiger partial charge in [-0.05, 0) is 31.4 Å². The SMILES string of the molecule is Cc1cc(S(=O)(=O)N(C)C2CC2)sc1CNC(C)C. The molecular weight excluding hydrogens is 280 g/mol. The molecule has 1 N–H and O–H groups in total. The van der Waals surface area contributed by atoms with Gasteiger partial charge < -0.3 is 5.32 Å². The van der Waals surface area contributed by atoms with Crippen molar-refractivity contribution in [2.45, 2.75) is 56.5 Å². The van der Waals surface area contributed by atoms with E-state index in [-0.39, 0.29) is 6.04 Å². The lowest BCUT2D eigenvalue weighted by Gasteiger charge is -2.14. The second-order valence-corrected chi connectivity index (χ2v) is 8.82. The minimum absolute atomic E-state index is 0.213. The standard InChI is InChI=1S/C13H22N2O2S2/c1-9(2)14-8-12-10(3)7-13(18-12)19(16,17)15(4)11-5-6-11/h7,9,11,14H,5-6,8H2,1-4H3. The maximum atomic E-state index is 12.4. The molecule has 1 aromatic rings. The molecule has 1 aliphatic carbocycles. The summed E-state index contributed by atoms with van der Waals surface area (Å²) >= 11 is 1.39. The topological polar surface area (TPSA) is 49.4 Å². The normalized spacial score (nSPS) is 16.5. The van der Waals surface area contributed by atoms with Crippen molar-refractivity contribution in [3.8, 4) is 0 Å². The Labute approximate surface area is 119 Å². The highest BCUT2D eigenvalue weighted by atomic mass is 32.2. The average molecular weight is 302 g/mol. The Morgan fingerprint density at radius 1 is 1.47 bits per heavy atom. The molecule has 2 rings (SSSR count). The highest BCUT2D eigenvalue weighted by molar-refractivity contribution is 7.91. The lowest BCUT2D eigenvalue weighted by molar-refractivity contribution is 0.466. The highest BCUT2D eigenvalue weighted by Gasteiger charge is 2.36. The first-order chi connectivity index (χ1) is 8.82. The van der Waals surface area contributed by atoms with Crippen molar-refractivity contribution in [2.24, 2.45) is 0 Å². The molecule has 1 fully saturated rings. The van der Waals surface area contributed by atoms with E-state index in [1.54, 1.807) is 13.1 Å². The van der Waals surface area contributed by atoms with Crippen molar-refractivity contribution in [2.75, 3.05) is 7.05 Å². The van der Waals surface area contributed by atoms with Gasteiger partial charge in [0.15, 0.2) is 0 Å². The molecule has 0 atom stereocenters. The molecule has 1 aromatic heterocycles. The van der Waals surface area contributed by atoms with Crippen molar-refractivity contribution in [3.05, 3.63) is 16.5 Å². The summed E-state index contributed by atoms with van der Waals surface area (Å²) in [5.74, 6) is 0. The van der Waals surface area contributed by atoms with Crippen LogP contribution in [0, 0.1) is 6.92 Å². The summed E-state index contributed by atoms with van der Waals surface area (Å²) < 4.78 is 26.9. The second-order valence-electron chi connectivity index (χ2n) is 5.46. The van der Waals surface area contributed by atoms with Crippen LogP contribution in [-0.2, 0) is 16.6 Å². The summed E-state index contributed by atoms with van der Waals surface area (Å²) in [6, 6.07) is 2.41. The quantitative estimate of drug-likeness (QED) is 0.877. The number of rotatable bonds is 6. The zero-order valence-corrected chi connectivity index (χ0v) is 13.6. The lowest BCUT2D eigenvalue weighted by atomic mass is 10.3. The van der Waals surface area contributed by atoms with Crippen molar-refractivity contribution >= 4 is 21.4 Å². The van der Waals surface area contributed by atoms with Gasteiger partial charge in [0, 0.05) is 30.6 Å². The molecule has 0 amide bonds. The molecule has 0 saturated heterocycles. The summed E-state index contributed by atoms with van der Waals surface area (Å²) in [5, 5.41) is 3.33. The van der Waals surface area contributed by atoms with Crippen LogP contribution >= 0.6 is 11.3 Å². The number of nitrogens with zero attached hydrogens (tertiary/aromatic N) is 1. The molecule has 108 valence electrons. The van der Waals surface area contributed by atoms with Gasteiger partial charge in [0.25, 0.3) is 10.0 Å². The monoisotopic (exact) mass is 302 g/mol. The fourth-order valence-corrected chi connectivity index (χ4v) is 5.01. The molecule has 4 nitrogen and oxygen atoms in total. The van der Waals surface area contributed by atoms with Crippen LogP contribution in [-0.4, -0.2) is 31.9 Å². The molecule has 1 saturated carbocycles. The molecular formula is C13H22N2O2S2. The number of hydrogen-bond acceptors (Lipinski definition) is 4. The summed E-state index contributed by atoms with van der Waals surface area (Å²) in [6.45, 7) is 6.88. The van der Waals surface area contributed by atoms with Gasteiger partial charge in [-0.2, -0.15) is 4.31 Å². The molecule has 0 spiro atoms. The van der Waals surface area contributed by atoms with Crippen LogP contribution in [0.2, 0.25) is 0 Å². The fourth-order valence-electron chi connectivity index (χ4n) is 1.86. The van der Waals surface area contributed by atoms with E-state index in [9.17, 15) is 8.42 Å². The number of nitrogens with one attached hydrogen (secondary N) is 1. The molecule has 1 aliphatic rings. The van der Waals surface area contributed by atoms with Gasteiger partial charge in [-0.25, -0.2) is 8.42 Å². The Bertz CT molecular complexity index is 545. The first kappa shape index (κ1) is 15.0. The van der Waals surface area contributed by atoms with Crippen LogP contribution in [0.3, 0.4) is 0 Å². The minimum Gasteiger partial charge on any atom is -0.310 e. The molecule has 0 unspecified atom stereocenters. The van der Waals surface area contributed by atoms with Gasteiger partial charge in [-0.15, -0.1) is 11.3 Å². The fraction of sp³-hybridized carbons (Fsp3) is 0.692. The van der Waals surface area contributed by atoms with Gasteiger partial charge in [0.1, 0.15) is 4.21 Å². The summed E-state index contributed by atoms with van der Waals surface area (Å²) in [7, 11) is -1.60. The van der Waals surface area contributed by atoms with Gasteiger partial charge in [-0.1, -0.05) is 13.8 Å². The van der Waals surface area contributed by atoms with Crippen LogP contribution in [0.25, 0.3) is 0 Å². The molecule has 1 heterocycles. The largest absolute Gasteiger partial charge is 0.310 e. The number of sulfonamides is 1. The van der Waals surface area contributed by atoms with Crippen LogP contribution in [0.15, 0.2) is 10.3 Å². The smallest absolute Gasteiger partial charge is 0.252 e. The molecule has 6 heteroatoms. The lowest BCUT2D eigenvalue weighted by Crippen LogP contribution is -2.28. The predicted molar refractivity (Wildman–Crippen MR) is 79.0 cm³/mol. The molecule has 0 aliphatic heterocycles. The van der Waals surface area contributed by atoms with E-state index in [4.69, 9.17) is 0 Å². The van der Waals surface area contributed by atoms with E-state index in [2.05, 4.69) is 19.2 Å². The predicted octanol–water partition coefficient (Wildman–Crippen LogP) is 2.34. The van der Waals surface area contributed by atoms with Gasteiger partial charge in [0.2, 0.25) is 0 Å². The molecule has 0 aromatic carbocycles. The van der Waals surface area contributed by atoms with E-state index in [1.807, 2.05) is 6.92 Å². The summed E-state index contributed by atoms with van der Waals surface area (Å²) in [6.07, 6.45) is 1.98. The Morgan fingerprint density at radius 2 is 2.11 bits per heavy atom. The van der Waals surface area contributed by atoms with Gasteiger partial charge in [-0.3, -0.25) is 0 Å². The first-order valence-corrected chi connectivity index (χ1v) is 8.88. The summed E-state index contributed by atoms with van der Waals surface area (Å²) in [5.41, 5.74) is 1.06. The maximum Gasteiger partial charge on any atom is 0.252 e. The van der Waals surface area contributed by atoms with Crippen molar-refractivity contribution < 1.29 is 8.42 Å². The van der Waals surface area contributed by atoms with E-state index in [1.165, 1.54) is 15.6 Å². The van der Waals surface area contributed by atoms with Crippen LogP contribution in [0.1, 0.15) is 37.1 Å². The van der Waals surface area contributed by atoms with E-state index in [0.717, 1.165) is 29.8 Å². The third-order valence-electron chi connectivity index (χ3n) is 3.36. The zero-order valence-electron chi connectivity index (χ0n) is 11.9. The Balaban J connectivity index is 2.18. The molecule has 0 bridgehead atoms. The Hall–Kier alpha value is -0.430. The highest BCUT2D eigenvalue weighted by Crippen LogP contribution is 2.34. The van der Waals surface area contributed by atoms with E-state index in [0.29, 0.717) is 10.3 Å². The van der Waals surface area contributed by atoms with Crippen LogP contribution in [0.5, 0.6) is 0 Å².